The van der Waals surface area contributed by atoms with Crippen LogP contribution in [0.25, 0.3) is 11.4 Å². The first-order chi connectivity index (χ1) is 14.6. The van der Waals surface area contributed by atoms with Gasteiger partial charge in [-0.3, -0.25) is 9.89 Å². The third-order valence-electron chi connectivity index (χ3n) is 5.96. The zero-order valence-electron chi connectivity index (χ0n) is 16.9. The number of fused-ring (bicyclic) bond motifs is 1. The zero-order valence-corrected chi connectivity index (χ0v) is 16.9. The van der Waals surface area contributed by atoms with E-state index in [2.05, 4.69) is 20.5 Å². The second-order valence-electron chi connectivity index (χ2n) is 7.93. The van der Waals surface area contributed by atoms with E-state index < -0.39 is 5.41 Å². The van der Waals surface area contributed by atoms with Gasteiger partial charge >= 0.3 is 0 Å². The molecule has 0 radical (unpaired) electrons. The molecule has 154 valence electrons. The van der Waals surface area contributed by atoms with Crippen molar-refractivity contribution >= 4 is 11.6 Å². The topological polar surface area (TPSA) is 89.1 Å². The van der Waals surface area contributed by atoms with Crippen LogP contribution in [0.1, 0.15) is 37.1 Å². The monoisotopic (exact) mass is 404 g/mol. The molecule has 2 N–H and O–H groups in total. The Hall–Kier alpha value is -3.35. The van der Waals surface area contributed by atoms with Gasteiger partial charge in [0.25, 0.3) is 0 Å². The number of rotatable bonds is 4. The number of ether oxygens (including phenoxy) is 2. The number of H-pyrrole nitrogens is 1. The van der Waals surface area contributed by atoms with E-state index >= 15 is 0 Å². The van der Waals surface area contributed by atoms with Crippen molar-refractivity contribution in [3.05, 3.63) is 53.9 Å². The van der Waals surface area contributed by atoms with Crippen LogP contribution in [0.3, 0.4) is 0 Å². The quantitative estimate of drug-likeness (QED) is 0.686. The van der Waals surface area contributed by atoms with Crippen molar-refractivity contribution in [3.8, 4) is 22.9 Å². The molecule has 0 saturated heterocycles. The van der Waals surface area contributed by atoms with E-state index in [1.807, 2.05) is 49.4 Å². The second kappa shape index (κ2) is 7.48. The summed E-state index contributed by atoms with van der Waals surface area (Å²) in [6.07, 6.45) is 3.69. The van der Waals surface area contributed by atoms with Gasteiger partial charge in [0.05, 0.1) is 5.41 Å². The van der Waals surface area contributed by atoms with Gasteiger partial charge in [-0.15, -0.1) is 0 Å². The molecule has 1 amide bonds. The SMILES string of the molecule is Cc1nc(-c2cccc(NC(=O)C3(c4ccc5c(c4)OCCO5)CCCC3)c2)n[nH]1. The first kappa shape index (κ1) is 18.7. The summed E-state index contributed by atoms with van der Waals surface area (Å²) in [5.74, 6) is 2.85. The molecular weight excluding hydrogens is 380 g/mol. The lowest BCUT2D eigenvalue weighted by molar-refractivity contribution is -0.121. The molecule has 0 bridgehead atoms. The van der Waals surface area contributed by atoms with Gasteiger partial charge in [0, 0.05) is 11.3 Å². The number of aryl methyl sites for hydroxylation is 1. The maximum absolute atomic E-state index is 13.5. The van der Waals surface area contributed by atoms with Crippen molar-refractivity contribution in [3.63, 3.8) is 0 Å². The Kier molecular flexibility index (Phi) is 4.65. The summed E-state index contributed by atoms with van der Waals surface area (Å²) >= 11 is 0. The number of amides is 1. The number of anilines is 1. The molecule has 1 fully saturated rings. The maximum Gasteiger partial charge on any atom is 0.235 e. The third-order valence-corrected chi connectivity index (χ3v) is 5.96. The van der Waals surface area contributed by atoms with E-state index in [4.69, 9.17) is 9.47 Å². The average molecular weight is 404 g/mol. The highest BCUT2D eigenvalue weighted by Gasteiger charge is 2.43. The van der Waals surface area contributed by atoms with Gasteiger partial charge in [-0.05, 0) is 49.6 Å². The molecule has 7 heteroatoms. The Morgan fingerprint density at radius 3 is 2.63 bits per heavy atom. The summed E-state index contributed by atoms with van der Waals surface area (Å²) in [5, 5.41) is 10.2. The minimum atomic E-state index is -0.562. The Morgan fingerprint density at radius 1 is 1.07 bits per heavy atom. The fourth-order valence-electron chi connectivity index (χ4n) is 4.42. The highest BCUT2D eigenvalue weighted by molar-refractivity contribution is 6.00. The summed E-state index contributed by atoms with van der Waals surface area (Å²) in [6.45, 7) is 2.95. The molecule has 2 heterocycles. The molecule has 5 rings (SSSR count). The van der Waals surface area contributed by atoms with Crippen molar-refractivity contribution in [2.75, 3.05) is 18.5 Å². The van der Waals surface area contributed by atoms with Gasteiger partial charge < -0.3 is 14.8 Å². The van der Waals surface area contributed by atoms with Crippen molar-refractivity contribution in [1.29, 1.82) is 0 Å². The van der Waals surface area contributed by atoms with Gasteiger partial charge in [0.15, 0.2) is 17.3 Å². The van der Waals surface area contributed by atoms with Crippen molar-refractivity contribution in [2.24, 2.45) is 0 Å². The van der Waals surface area contributed by atoms with Gasteiger partial charge in [-0.1, -0.05) is 31.0 Å². The molecule has 1 aliphatic heterocycles. The van der Waals surface area contributed by atoms with E-state index in [1.165, 1.54) is 0 Å². The summed E-state index contributed by atoms with van der Waals surface area (Å²) in [7, 11) is 0. The molecule has 0 atom stereocenters. The number of nitrogens with one attached hydrogen (secondary N) is 2. The van der Waals surface area contributed by atoms with Crippen molar-refractivity contribution in [1.82, 2.24) is 15.2 Å². The van der Waals surface area contributed by atoms with Gasteiger partial charge in [-0.2, -0.15) is 5.10 Å². The van der Waals surface area contributed by atoms with Crippen LogP contribution in [0.5, 0.6) is 11.5 Å². The molecule has 1 aliphatic carbocycles. The van der Waals surface area contributed by atoms with Crippen LogP contribution in [0.2, 0.25) is 0 Å². The fraction of sp³-hybridized carbons (Fsp3) is 0.348. The number of aromatic nitrogens is 3. The van der Waals surface area contributed by atoms with Crippen LogP contribution in [0.15, 0.2) is 42.5 Å². The molecule has 1 aromatic heterocycles. The fourth-order valence-corrected chi connectivity index (χ4v) is 4.42. The molecule has 0 spiro atoms. The lowest BCUT2D eigenvalue weighted by Crippen LogP contribution is -2.38. The molecule has 0 unspecified atom stereocenters. The third kappa shape index (κ3) is 3.30. The van der Waals surface area contributed by atoms with Crippen LogP contribution in [-0.2, 0) is 10.2 Å². The first-order valence-corrected chi connectivity index (χ1v) is 10.4. The largest absolute Gasteiger partial charge is 0.486 e. The minimum Gasteiger partial charge on any atom is -0.486 e. The van der Waals surface area contributed by atoms with Crippen LogP contribution in [0, 0.1) is 6.92 Å². The Balaban J connectivity index is 1.44. The van der Waals surface area contributed by atoms with E-state index in [-0.39, 0.29) is 5.91 Å². The summed E-state index contributed by atoms with van der Waals surface area (Å²) in [4.78, 5) is 17.9. The number of aromatic amines is 1. The minimum absolute atomic E-state index is 0.0139. The number of carbonyl (C=O) groups is 1. The molecule has 30 heavy (non-hydrogen) atoms. The number of nitrogens with zero attached hydrogens (tertiary/aromatic N) is 2. The summed E-state index contributed by atoms with van der Waals surface area (Å²) in [6, 6.07) is 13.5. The lowest BCUT2D eigenvalue weighted by Gasteiger charge is -2.30. The predicted octanol–water partition coefficient (Wildman–Crippen LogP) is 4.00. The standard InChI is InChI=1S/C23H24N4O3/c1-15-24-21(27-26-15)16-5-4-6-18(13-16)25-22(28)23(9-2-3-10-23)17-7-8-19-20(14-17)30-12-11-29-19/h4-8,13-14H,2-3,9-12H2,1H3,(H,25,28)(H,24,26,27). The maximum atomic E-state index is 13.5. The Morgan fingerprint density at radius 2 is 1.87 bits per heavy atom. The number of carbonyl (C=O) groups excluding carboxylic acids is 1. The first-order valence-electron chi connectivity index (χ1n) is 10.4. The van der Waals surface area contributed by atoms with E-state index in [1.54, 1.807) is 0 Å². The Labute approximate surface area is 174 Å². The van der Waals surface area contributed by atoms with Gasteiger partial charge in [0.2, 0.25) is 5.91 Å². The van der Waals surface area contributed by atoms with Crippen LogP contribution >= 0.6 is 0 Å². The van der Waals surface area contributed by atoms with Crippen LogP contribution < -0.4 is 14.8 Å². The highest BCUT2D eigenvalue weighted by Crippen LogP contribution is 2.45. The second-order valence-corrected chi connectivity index (χ2v) is 7.93. The smallest absolute Gasteiger partial charge is 0.235 e. The van der Waals surface area contributed by atoms with E-state index in [9.17, 15) is 4.79 Å². The van der Waals surface area contributed by atoms with E-state index in [0.717, 1.165) is 59.8 Å². The molecule has 2 aliphatic rings. The molecule has 1 saturated carbocycles. The normalized spacial score (nSPS) is 17.0. The summed E-state index contributed by atoms with van der Waals surface area (Å²) < 4.78 is 11.4. The van der Waals surface area contributed by atoms with Crippen molar-refractivity contribution < 1.29 is 14.3 Å². The highest BCUT2D eigenvalue weighted by atomic mass is 16.6. The van der Waals surface area contributed by atoms with Crippen LogP contribution in [0.4, 0.5) is 5.69 Å². The average Bonchev–Trinajstić information content (AvgIpc) is 3.44. The number of hydrogen-bond donors (Lipinski definition) is 2. The van der Waals surface area contributed by atoms with Gasteiger partial charge in [-0.25, -0.2) is 4.98 Å². The lowest BCUT2D eigenvalue weighted by atomic mass is 9.77. The number of benzene rings is 2. The van der Waals surface area contributed by atoms with Gasteiger partial charge in [0.1, 0.15) is 19.0 Å². The Bertz CT molecular complexity index is 1090. The van der Waals surface area contributed by atoms with E-state index in [0.29, 0.717) is 19.0 Å². The van der Waals surface area contributed by atoms with Crippen LogP contribution in [-0.4, -0.2) is 34.3 Å². The predicted molar refractivity (Wildman–Crippen MR) is 113 cm³/mol. The molecule has 2 aromatic carbocycles. The zero-order chi connectivity index (χ0) is 20.6. The number of hydrogen-bond acceptors (Lipinski definition) is 5. The van der Waals surface area contributed by atoms with Crippen molar-refractivity contribution in [2.45, 2.75) is 38.0 Å². The molecule has 3 aromatic rings. The summed E-state index contributed by atoms with van der Waals surface area (Å²) in [5.41, 5.74) is 2.02. The molecular formula is C23H24N4O3. The molecule has 7 nitrogen and oxygen atoms in total.